The van der Waals surface area contributed by atoms with Gasteiger partial charge in [0, 0.05) is 64.9 Å². The number of carbonyl (C=O) groups is 3. The van der Waals surface area contributed by atoms with Gasteiger partial charge in [0.05, 0.1) is 12.2 Å². The Labute approximate surface area is 256 Å². The van der Waals surface area contributed by atoms with Crippen LogP contribution in [0.25, 0.3) is 0 Å². The van der Waals surface area contributed by atoms with Crippen molar-refractivity contribution in [2.45, 2.75) is 56.4 Å². The molecule has 0 unspecified atom stereocenters. The van der Waals surface area contributed by atoms with Crippen LogP contribution in [0, 0.1) is 5.92 Å². The van der Waals surface area contributed by atoms with Gasteiger partial charge < -0.3 is 29.7 Å². The average molecular weight is 688 g/mol. The molecule has 0 aromatic carbocycles. The Morgan fingerprint density at radius 3 is 1.70 bits per heavy atom. The van der Waals surface area contributed by atoms with Crippen LogP contribution in [0.5, 0.6) is 0 Å². The first-order chi connectivity index (χ1) is 21.1. The Bertz CT molecular complexity index is 1020. The van der Waals surface area contributed by atoms with E-state index in [1.807, 2.05) is 18.5 Å². The van der Waals surface area contributed by atoms with E-state index in [0.29, 0.717) is 0 Å². The summed E-state index contributed by atoms with van der Waals surface area (Å²) in [4.78, 5) is 36.1. The van der Waals surface area contributed by atoms with Crippen LogP contribution >= 0.6 is 0 Å². The van der Waals surface area contributed by atoms with Gasteiger partial charge in [-0.3, -0.25) is 9.88 Å². The summed E-state index contributed by atoms with van der Waals surface area (Å²) in [5, 5.41) is 21.4. The fourth-order valence-electron chi connectivity index (χ4n) is 4.55. The van der Waals surface area contributed by atoms with Gasteiger partial charge in [-0.2, -0.15) is 39.5 Å². The molecule has 3 aliphatic rings. The van der Waals surface area contributed by atoms with Crippen molar-refractivity contribution in [1.82, 2.24) is 14.8 Å². The van der Waals surface area contributed by atoms with Gasteiger partial charge in [-0.1, -0.05) is 6.07 Å². The number of nitrogens with zero attached hydrogens (tertiary/aromatic N) is 3. The first-order valence-electron chi connectivity index (χ1n) is 13.6. The molecule has 4 heterocycles. The second kappa shape index (κ2) is 18.2. The number of pyridine rings is 1. The number of aliphatic carboxylic acids is 3. The number of halogens is 9. The summed E-state index contributed by atoms with van der Waals surface area (Å²) in [6.45, 7) is 9.46. The predicted octanol–water partition coefficient (Wildman–Crippen LogP) is 4.07. The number of rotatable bonds is 4. The molecule has 3 saturated heterocycles. The maximum absolute atomic E-state index is 10.6. The largest absolute Gasteiger partial charge is 0.490 e. The van der Waals surface area contributed by atoms with E-state index < -0.39 is 36.4 Å². The van der Waals surface area contributed by atoms with Crippen molar-refractivity contribution in [3.8, 4) is 0 Å². The number of carboxylic acids is 3. The monoisotopic (exact) mass is 687 g/mol. The summed E-state index contributed by atoms with van der Waals surface area (Å²) in [5.41, 5.74) is 1.38. The zero-order valence-electron chi connectivity index (χ0n) is 24.2. The van der Waals surface area contributed by atoms with E-state index in [0.717, 1.165) is 45.4 Å². The minimum Gasteiger partial charge on any atom is -0.475 e. The van der Waals surface area contributed by atoms with Crippen LogP contribution in [-0.4, -0.2) is 125 Å². The maximum Gasteiger partial charge on any atom is 0.490 e. The Morgan fingerprint density at radius 2 is 1.28 bits per heavy atom. The highest BCUT2D eigenvalue weighted by Gasteiger charge is 2.41. The number of piperidine rings is 1. The van der Waals surface area contributed by atoms with Crippen molar-refractivity contribution >= 4 is 17.9 Å². The van der Waals surface area contributed by atoms with Crippen LogP contribution in [-0.2, 0) is 30.4 Å². The second-order valence-corrected chi connectivity index (χ2v) is 10.4. The summed E-state index contributed by atoms with van der Waals surface area (Å²) in [6, 6.07) is 4.20. The molecule has 11 nitrogen and oxygen atoms in total. The zero-order valence-corrected chi connectivity index (χ0v) is 24.2. The highest BCUT2D eigenvalue weighted by Crippen LogP contribution is 2.31. The van der Waals surface area contributed by atoms with Crippen LogP contribution in [0.1, 0.15) is 31.2 Å². The molecule has 3 N–H and O–H groups in total. The Morgan fingerprint density at radius 1 is 0.804 bits per heavy atom. The topological polar surface area (TPSA) is 150 Å². The quantitative estimate of drug-likeness (QED) is 0.394. The summed E-state index contributed by atoms with van der Waals surface area (Å²) >= 11 is 0. The van der Waals surface area contributed by atoms with Crippen LogP contribution in [0.3, 0.4) is 0 Å². The Hall–Kier alpha value is -3.23. The minimum absolute atomic E-state index is 0.0760. The molecule has 1 aromatic rings. The molecule has 264 valence electrons. The standard InChI is InChI=1S/C20H31N3O2.3C2HF3O2/c1-2-19(14-21-7-1)16-23-10-13-25-20(17-23)5-8-22(9-6-20)15-18-3-11-24-12-4-18;3*3-2(4,5)1(6)7/h1-2,7,14,18H,3-6,8-13,15-17H2;3*(H,6,7). The number of likely N-dealkylation sites (tertiary alicyclic amines) is 1. The molecule has 0 aliphatic carbocycles. The van der Waals surface area contributed by atoms with Crippen LogP contribution in [0.2, 0.25) is 0 Å². The molecular formula is C26H34F9N3O8. The van der Waals surface area contributed by atoms with E-state index >= 15 is 0 Å². The van der Waals surface area contributed by atoms with Crippen molar-refractivity contribution in [1.29, 1.82) is 0 Å². The van der Waals surface area contributed by atoms with Crippen molar-refractivity contribution in [2.24, 2.45) is 5.92 Å². The van der Waals surface area contributed by atoms with E-state index in [1.165, 1.54) is 50.9 Å². The third kappa shape index (κ3) is 16.4. The maximum atomic E-state index is 10.6. The number of alkyl halides is 9. The molecule has 0 atom stereocenters. The van der Waals surface area contributed by atoms with Gasteiger partial charge >= 0.3 is 36.4 Å². The van der Waals surface area contributed by atoms with Crippen molar-refractivity contribution < 1.29 is 78.7 Å². The lowest BCUT2D eigenvalue weighted by Gasteiger charge is -2.48. The molecule has 46 heavy (non-hydrogen) atoms. The number of hydrogen-bond donors (Lipinski definition) is 3. The molecule has 1 aromatic heterocycles. The smallest absolute Gasteiger partial charge is 0.475 e. The number of aromatic nitrogens is 1. The summed E-state index contributed by atoms with van der Waals surface area (Å²) in [5.74, 6) is -7.44. The van der Waals surface area contributed by atoms with Crippen molar-refractivity contribution in [3.63, 3.8) is 0 Å². The fraction of sp³-hybridized carbons (Fsp3) is 0.692. The number of ether oxygens (including phenoxy) is 2. The molecule has 0 saturated carbocycles. The molecule has 20 heteroatoms. The first-order valence-corrected chi connectivity index (χ1v) is 13.6. The van der Waals surface area contributed by atoms with Gasteiger partial charge in [0.2, 0.25) is 0 Å². The highest BCUT2D eigenvalue weighted by atomic mass is 19.4. The highest BCUT2D eigenvalue weighted by molar-refractivity contribution is 5.73. The van der Waals surface area contributed by atoms with Crippen LogP contribution < -0.4 is 0 Å². The lowest BCUT2D eigenvalue weighted by molar-refractivity contribution is -0.193. The van der Waals surface area contributed by atoms with Gasteiger partial charge in [0.25, 0.3) is 0 Å². The molecule has 0 amide bonds. The van der Waals surface area contributed by atoms with E-state index in [2.05, 4.69) is 20.9 Å². The molecule has 0 radical (unpaired) electrons. The van der Waals surface area contributed by atoms with Crippen molar-refractivity contribution in [3.05, 3.63) is 30.1 Å². The first kappa shape index (κ1) is 40.8. The molecule has 3 aliphatic heterocycles. The number of morpholine rings is 1. The van der Waals surface area contributed by atoms with Crippen molar-refractivity contribution in [2.75, 3.05) is 52.5 Å². The number of carboxylic acid groups (broad SMARTS) is 3. The normalized spacial score (nSPS) is 19.3. The van der Waals surface area contributed by atoms with E-state index in [4.69, 9.17) is 39.2 Å². The molecule has 3 fully saturated rings. The van der Waals surface area contributed by atoms with Gasteiger partial charge in [0.15, 0.2) is 0 Å². The van der Waals surface area contributed by atoms with Crippen LogP contribution in [0.4, 0.5) is 39.5 Å². The summed E-state index contributed by atoms with van der Waals surface area (Å²) < 4.78 is 107. The second-order valence-electron chi connectivity index (χ2n) is 10.4. The van der Waals surface area contributed by atoms with Gasteiger partial charge in [0.1, 0.15) is 0 Å². The predicted molar refractivity (Wildman–Crippen MR) is 138 cm³/mol. The lowest BCUT2D eigenvalue weighted by Crippen LogP contribution is -2.57. The van der Waals surface area contributed by atoms with Gasteiger partial charge in [-0.15, -0.1) is 0 Å². The number of hydrogen-bond acceptors (Lipinski definition) is 8. The molecular weight excluding hydrogens is 653 g/mol. The Kier molecular flexibility index (Phi) is 16.1. The van der Waals surface area contributed by atoms with Crippen LogP contribution in [0.15, 0.2) is 24.5 Å². The lowest BCUT2D eigenvalue weighted by atomic mass is 9.88. The third-order valence-electron chi connectivity index (χ3n) is 6.81. The zero-order chi connectivity index (χ0) is 35.2. The third-order valence-corrected chi connectivity index (χ3v) is 6.81. The SMILES string of the molecule is O=C(O)C(F)(F)F.O=C(O)C(F)(F)F.O=C(O)C(F)(F)F.c1cncc(CN2CCOC3(CCN(CC4CCOCC4)CC3)C2)c1. The van der Waals surface area contributed by atoms with E-state index in [1.54, 1.807) is 0 Å². The fourth-order valence-corrected chi connectivity index (χ4v) is 4.55. The molecule has 1 spiro atoms. The minimum atomic E-state index is -5.08. The average Bonchev–Trinajstić information content (AvgIpc) is 2.95. The van der Waals surface area contributed by atoms with E-state index in [9.17, 15) is 39.5 Å². The van der Waals surface area contributed by atoms with E-state index in [-0.39, 0.29) is 5.60 Å². The molecule has 4 rings (SSSR count). The van der Waals surface area contributed by atoms with Gasteiger partial charge in [-0.25, -0.2) is 14.4 Å². The van der Waals surface area contributed by atoms with Gasteiger partial charge in [-0.05, 0) is 43.2 Å². The summed E-state index contributed by atoms with van der Waals surface area (Å²) in [7, 11) is 0. The Balaban J connectivity index is 0.000000413. The molecule has 0 bridgehead atoms. The summed E-state index contributed by atoms with van der Waals surface area (Å²) in [6.07, 6.45) is -6.62.